The molecule has 0 aliphatic carbocycles. The second kappa shape index (κ2) is 6.61. The van der Waals surface area contributed by atoms with Crippen LogP contribution in [0, 0.1) is 5.92 Å². The number of amides is 1. The van der Waals surface area contributed by atoms with Crippen LogP contribution in [0.1, 0.15) is 25.8 Å². The monoisotopic (exact) mass is 290 g/mol. The van der Waals surface area contributed by atoms with Gasteiger partial charge in [0.15, 0.2) is 6.10 Å². The number of carbonyl (C=O) groups is 1. The van der Waals surface area contributed by atoms with Crippen molar-refractivity contribution in [1.82, 2.24) is 4.90 Å². The molecule has 114 valence electrons. The summed E-state index contributed by atoms with van der Waals surface area (Å²) >= 11 is 0. The van der Waals surface area contributed by atoms with Gasteiger partial charge in [0, 0.05) is 19.4 Å². The van der Waals surface area contributed by atoms with E-state index in [2.05, 4.69) is 5.16 Å². The normalized spacial score (nSPS) is 17.4. The summed E-state index contributed by atoms with van der Waals surface area (Å²) in [5.41, 5.74) is 1.93. The lowest BCUT2D eigenvalue weighted by atomic mass is 10.0. The number of hydrogen-bond donors (Lipinski definition) is 0. The van der Waals surface area contributed by atoms with Crippen molar-refractivity contribution in [3.05, 3.63) is 29.8 Å². The Hall–Kier alpha value is -2.04. The molecule has 1 aromatic rings. The molecule has 0 fully saturated rings. The van der Waals surface area contributed by atoms with Gasteiger partial charge in [-0.3, -0.25) is 4.79 Å². The Labute approximate surface area is 125 Å². The first-order valence-corrected chi connectivity index (χ1v) is 7.13. The Morgan fingerprint density at radius 2 is 2.10 bits per heavy atom. The van der Waals surface area contributed by atoms with Gasteiger partial charge in [-0.05, 0) is 29.8 Å². The molecular weight excluding hydrogens is 268 g/mol. The molecule has 0 saturated heterocycles. The quantitative estimate of drug-likeness (QED) is 0.836. The van der Waals surface area contributed by atoms with Crippen molar-refractivity contribution in [2.24, 2.45) is 11.1 Å². The third-order valence-corrected chi connectivity index (χ3v) is 3.50. The van der Waals surface area contributed by atoms with Gasteiger partial charge < -0.3 is 14.5 Å². The van der Waals surface area contributed by atoms with E-state index in [1.165, 1.54) is 0 Å². The molecule has 1 amide bonds. The molecular formula is C16H22N2O3. The number of carbonyl (C=O) groups excluding carboxylic acids is 1. The average molecular weight is 290 g/mol. The first-order chi connectivity index (χ1) is 10.0. The zero-order valence-corrected chi connectivity index (χ0v) is 13.0. The number of methoxy groups -OCH3 is 1. The van der Waals surface area contributed by atoms with E-state index >= 15 is 0 Å². The highest BCUT2D eigenvalue weighted by atomic mass is 16.6. The lowest BCUT2D eigenvalue weighted by molar-refractivity contribution is -0.134. The van der Waals surface area contributed by atoms with Gasteiger partial charge in [0.05, 0.1) is 19.4 Å². The maximum absolute atomic E-state index is 11.9. The van der Waals surface area contributed by atoms with E-state index in [-0.39, 0.29) is 17.9 Å². The molecule has 5 nitrogen and oxygen atoms in total. The minimum atomic E-state index is -0.0743. The number of likely N-dealkylation sites (N-methyl/N-ethyl adjacent to an activating group) is 1. The summed E-state index contributed by atoms with van der Waals surface area (Å²) in [6.07, 6.45) is 0.636. The number of oxime groups is 1. The van der Waals surface area contributed by atoms with Crippen LogP contribution in [0.4, 0.5) is 0 Å². The molecule has 0 N–H and O–H groups in total. The van der Waals surface area contributed by atoms with Crippen LogP contribution < -0.4 is 4.74 Å². The first kappa shape index (κ1) is 15.4. The summed E-state index contributed by atoms with van der Waals surface area (Å²) in [5.74, 6) is 0.937. The Kier molecular flexibility index (Phi) is 4.83. The van der Waals surface area contributed by atoms with Gasteiger partial charge in [-0.2, -0.15) is 0 Å². The van der Waals surface area contributed by atoms with Crippen LogP contribution in [-0.4, -0.2) is 43.3 Å². The molecule has 1 atom stereocenters. The molecule has 5 heteroatoms. The van der Waals surface area contributed by atoms with E-state index in [9.17, 15) is 4.79 Å². The lowest BCUT2D eigenvalue weighted by Gasteiger charge is -2.21. The standard InChI is InChI=1S/C16H22N2O3/c1-11(2)16(19)18(3)10-14-9-15(17-21-14)12-5-7-13(20-4)8-6-12/h5-8,11,14H,9-10H2,1-4H3/t14-/m1/s1. The molecule has 0 bridgehead atoms. The summed E-state index contributed by atoms with van der Waals surface area (Å²) in [6, 6.07) is 7.73. The zero-order chi connectivity index (χ0) is 15.4. The number of hydrogen-bond acceptors (Lipinski definition) is 4. The fourth-order valence-electron chi connectivity index (χ4n) is 2.32. The minimum Gasteiger partial charge on any atom is -0.497 e. The summed E-state index contributed by atoms with van der Waals surface area (Å²) in [6.45, 7) is 4.35. The van der Waals surface area contributed by atoms with Gasteiger partial charge in [0.1, 0.15) is 5.75 Å². The third-order valence-electron chi connectivity index (χ3n) is 3.50. The van der Waals surface area contributed by atoms with Gasteiger partial charge in [0.25, 0.3) is 0 Å². The highest BCUT2D eigenvalue weighted by molar-refractivity contribution is 6.01. The van der Waals surface area contributed by atoms with Crippen molar-refractivity contribution < 1.29 is 14.4 Å². The van der Waals surface area contributed by atoms with Gasteiger partial charge in [-0.25, -0.2) is 0 Å². The van der Waals surface area contributed by atoms with Crippen molar-refractivity contribution in [3.8, 4) is 5.75 Å². The second-order valence-corrected chi connectivity index (χ2v) is 5.57. The van der Waals surface area contributed by atoms with Gasteiger partial charge in [-0.15, -0.1) is 0 Å². The van der Waals surface area contributed by atoms with Gasteiger partial charge >= 0.3 is 0 Å². The smallest absolute Gasteiger partial charge is 0.224 e. The first-order valence-electron chi connectivity index (χ1n) is 7.13. The molecule has 1 aromatic carbocycles. The summed E-state index contributed by atoms with van der Waals surface area (Å²) in [7, 11) is 3.44. The molecule has 21 heavy (non-hydrogen) atoms. The average Bonchev–Trinajstić information content (AvgIpc) is 2.94. The van der Waals surface area contributed by atoms with Crippen LogP contribution in [0.2, 0.25) is 0 Å². The second-order valence-electron chi connectivity index (χ2n) is 5.57. The number of benzene rings is 1. The van der Waals surface area contributed by atoms with E-state index in [1.807, 2.05) is 38.1 Å². The van der Waals surface area contributed by atoms with E-state index in [4.69, 9.17) is 9.57 Å². The number of rotatable bonds is 5. The summed E-state index contributed by atoms with van der Waals surface area (Å²) < 4.78 is 5.14. The van der Waals surface area contributed by atoms with Gasteiger partial charge in [-0.1, -0.05) is 19.0 Å². The van der Waals surface area contributed by atoms with Crippen molar-refractivity contribution in [2.45, 2.75) is 26.4 Å². The summed E-state index contributed by atoms with van der Waals surface area (Å²) in [4.78, 5) is 19.0. The van der Waals surface area contributed by atoms with E-state index in [1.54, 1.807) is 19.1 Å². The fourth-order valence-corrected chi connectivity index (χ4v) is 2.32. The molecule has 1 aliphatic rings. The van der Waals surface area contributed by atoms with Crippen LogP contribution in [0.15, 0.2) is 29.4 Å². The van der Waals surface area contributed by atoms with Crippen molar-refractivity contribution in [2.75, 3.05) is 20.7 Å². The third kappa shape index (κ3) is 3.74. The van der Waals surface area contributed by atoms with Crippen LogP contribution in [-0.2, 0) is 9.63 Å². The predicted octanol–water partition coefficient (Wildman–Crippen LogP) is 2.30. The molecule has 0 spiro atoms. The molecule has 0 aromatic heterocycles. The van der Waals surface area contributed by atoms with E-state index < -0.39 is 0 Å². The maximum Gasteiger partial charge on any atom is 0.224 e. The van der Waals surface area contributed by atoms with Crippen molar-refractivity contribution in [3.63, 3.8) is 0 Å². The largest absolute Gasteiger partial charge is 0.497 e. The van der Waals surface area contributed by atoms with Crippen LogP contribution in [0.5, 0.6) is 5.75 Å². The molecule has 0 saturated carbocycles. The topological polar surface area (TPSA) is 51.1 Å². The minimum absolute atomic E-state index is 0.00150. The molecule has 0 radical (unpaired) electrons. The Morgan fingerprint density at radius 3 is 2.67 bits per heavy atom. The number of nitrogens with zero attached hydrogens (tertiary/aromatic N) is 2. The highest BCUT2D eigenvalue weighted by Gasteiger charge is 2.25. The fraction of sp³-hybridized carbons (Fsp3) is 0.500. The van der Waals surface area contributed by atoms with Crippen LogP contribution >= 0.6 is 0 Å². The van der Waals surface area contributed by atoms with E-state index in [0.29, 0.717) is 13.0 Å². The SMILES string of the molecule is COc1ccc(C2=NO[C@@H](CN(C)C(=O)C(C)C)C2)cc1. The van der Waals surface area contributed by atoms with Crippen LogP contribution in [0.25, 0.3) is 0 Å². The predicted molar refractivity (Wildman–Crippen MR) is 81.5 cm³/mol. The Morgan fingerprint density at radius 1 is 1.43 bits per heavy atom. The molecule has 1 aliphatic heterocycles. The Bertz CT molecular complexity index is 523. The van der Waals surface area contributed by atoms with Crippen molar-refractivity contribution in [1.29, 1.82) is 0 Å². The van der Waals surface area contributed by atoms with Crippen molar-refractivity contribution >= 4 is 11.6 Å². The number of ether oxygens (including phenoxy) is 1. The van der Waals surface area contributed by atoms with Crippen LogP contribution in [0.3, 0.4) is 0 Å². The summed E-state index contributed by atoms with van der Waals surface area (Å²) in [5, 5.41) is 4.14. The Balaban J connectivity index is 1.91. The highest BCUT2D eigenvalue weighted by Crippen LogP contribution is 2.20. The molecule has 2 rings (SSSR count). The van der Waals surface area contributed by atoms with Gasteiger partial charge in [0.2, 0.25) is 5.91 Å². The maximum atomic E-state index is 11.9. The van der Waals surface area contributed by atoms with E-state index in [0.717, 1.165) is 17.0 Å². The molecule has 0 unspecified atom stereocenters. The lowest BCUT2D eigenvalue weighted by Crippen LogP contribution is -2.36. The zero-order valence-electron chi connectivity index (χ0n) is 13.0. The molecule has 1 heterocycles.